The predicted octanol–water partition coefficient (Wildman–Crippen LogP) is 2.15. The fourth-order valence-electron chi connectivity index (χ4n) is 2.50. The van der Waals surface area contributed by atoms with E-state index < -0.39 is 4.92 Å². The number of nitrogens with zero attached hydrogens (tertiary/aromatic N) is 3. The molecule has 24 heavy (non-hydrogen) atoms. The van der Waals surface area contributed by atoms with Crippen molar-refractivity contribution in [2.24, 2.45) is 0 Å². The van der Waals surface area contributed by atoms with E-state index >= 15 is 0 Å². The lowest BCUT2D eigenvalue weighted by Crippen LogP contribution is -2.20. The van der Waals surface area contributed by atoms with Gasteiger partial charge in [0.1, 0.15) is 11.5 Å². The zero-order valence-electron chi connectivity index (χ0n) is 13.1. The molecular weight excluding hydrogens is 310 g/mol. The highest BCUT2D eigenvalue weighted by molar-refractivity contribution is 5.83. The van der Waals surface area contributed by atoms with E-state index in [0.717, 1.165) is 16.7 Å². The standard InChI is InChI=1S/C16H17N5O3/c1-20(6-7-22)11-3-5-13-14(9-11)19-16(18-13)10-2-4-12(17)15(8-10)21(23)24/h2-5,8-9,22H,6-7,17H2,1H3,(H,18,19). The Morgan fingerprint density at radius 2 is 2.12 bits per heavy atom. The number of rotatable bonds is 5. The van der Waals surface area contributed by atoms with Gasteiger partial charge in [0.2, 0.25) is 0 Å². The van der Waals surface area contributed by atoms with Gasteiger partial charge in [0.25, 0.3) is 5.69 Å². The number of imidazole rings is 1. The number of anilines is 2. The summed E-state index contributed by atoms with van der Waals surface area (Å²) in [6, 6.07) is 10.3. The van der Waals surface area contributed by atoms with Crippen molar-refractivity contribution >= 4 is 28.1 Å². The second-order valence-corrected chi connectivity index (χ2v) is 5.46. The number of benzene rings is 2. The highest BCUT2D eigenvalue weighted by atomic mass is 16.6. The zero-order valence-corrected chi connectivity index (χ0v) is 13.1. The van der Waals surface area contributed by atoms with Crippen molar-refractivity contribution in [2.45, 2.75) is 0 Å². The minimum absolute atomic E-state index is 0.0649. The quantitative estimate of drug-likeness (QED) is 0.375. The normalized spacial score (nSPS) is 10.9. The maximum atomic E-state index is 11.0. The number of nitro groups is 1. The van der Waals surface area contributed by atoms with Crippen LogP contribution in [0.2, 0.25) is 0 Å². The third-order valence-electron chi connectivity index (χ3n) is 3.84. The molecule has 1 aromatic heterocycles. The monoisotopic (exact) mass is 327 g/mol. The Morgan fingerprint density at radius 3 is 2.83 bits per heavy atom. The first-order valence-corrected chi connectivity index (χ1v) is 7.35. The average molecular weight is 327 g/mol. The van der Waals surface area contributed by atoms with Crippen LogP contribution in [0.25, 0.3) is 22.4 Å². The summed E-state index contributed by atoms with van der Waals surface area (Å²) in [4.78, 5) is 20.1. The minimum atomic E-state index is -0.510. The number of nitrogens with two attached hydrogens (primary N) is 1. The van der Waals surface area contributed by atoms with Crippen molar-refractivity contribution in [1.82, 2.24) is 9.97 Å². The molecule has 124 valence electrons. The van der Waals surface area contributed by atoms with Crippen molar-refractivity contribution < 1.29 is 10.0 Å². The van der Waals surface area contributed by atoms with Crippen LogP contribution in [0, 0.1) is 10.1 Å². The van der Waals surface area contributed by atoms with Crippen LogP contribution in [0.3, 0.4) is 0 Å². The van der Waals surface area contributed by atoms with Crippen LogP contribution in [0.4, 0.5) is 17.1 Å². The van der Waals surface area contributed by atoms with Gasteiger partial charge in [-0.3, -0.25) is 10.1 Å². The fraction of sp³-hybridized carbons (Fsp3) is 0.188. The van der Waals surface area contributed by atoms with Crippen molar-refractivity contribution in [1.29, 1.82) is 0 Å². The van der Waals surface area contributed by atoms with E-state index in [2.05, 4.69) is 9.97 Å². The number of nitro benzene ring substituents is 1. The molecule has 0 fully saturated rings. The molecule has 8 nitrogen and oxygen atoms in total. The Bertz CT molecular complexity index is 906. The summed E-state index contributed by atoms with van der Waals surface area (Å²) in [5.74, 6) is 0.537. The average Bonchev–Trinajstić information content (AvgIpc) is 2.98. The van der Waals surface area contributed by atoms with Gasteiger partial charge in [-0.2, -0.15) is 0 Å². The summed E-state index contributed by atoms with van der Waals surface area (Å²) in [6.07, 6.45) is 0. The molecule has 3 aromatic rings. The molecule has 0 saturated carbocycles. The van der Waals surface area contributed by atoms with Gasteiger partial charge >= 0.3 is 0 Å². The molecule has 0 aliphatic rings. The molecule has 0 spiro atoms. The van der Waals surface area contributed by atoms with Crippen molar-refractivity contribution in [3.63, 3.8) is 0 Å². The molecule has 0 unspecified atom stereocenters. The first kappa shape index (κ1) is 15.8. The van der Waals surface area contributed by atoms with Crippen molar-refractivity contribution in [3.8, 4) is 11.4 Å². The molecule has 4 N–H and O–H groups in total. The predicted molar refractivity (Wildman–Crippen MR) is 93.0 cm³/mol. The number of aromatic amines is 1. The second kappa shape index (κ2) is 6.17. The SMILES string of the molecule is CN(CCO)c1ccc2[nH]c(-c3ccc(N)c([N+](=O)[O-])c3)nc2c1. The molecule has 0 radical (unpaired) electrons. The van der Waals surface area contributed by atoms with E-state index in [9.17, 15) is 10.1 Å². The number of hydrogen-bond donors (Lipinski definition) is 3. The van der Waals surface area contributed by atoms with Gasteiger partial charge in [0.05, 0.1) is 22.6 Å². The number of hydrogen-bond acceptors (Lipinski definition) is 6. The number of H-pyrrole nitrogens is 1. The van der Waals surface area contributed by atoms with Crippen LogP contribution in [0.5, 0.6) is 0 Å². The molecule has 0 amide bonds. The number of nitrogen functional groups attached to an aromatic ring is 1. The lowest BCUT2D eigenvalue weighted by molar-refractivity contribution is -0.383. The molecule has 0 atom stereocenters. The van der Waals surface area contributed by atoms with Crippen LogP contribution >= 0.6 is 0 Å². The van der Waals surface area contributed by atoms with Gasteiger partial charge in [-0.15, -0.1) is 0 Å². The van der Waals surface area contributed by atoms with E-state index in [4.69, 9.17) is 10.8 Å². The third-order valence-corrected chi connectivity index (χ3v) is 3.84. The first-order valence-electron chi connectivity index (χ1n) is 7.35. The Morgan fingerprint density at radius 1 is 1.33 bits per heavy atom. The second-order valence-electron chi connectivity index (χ2n) is 5.46. The minimum Gasteiger partial charge on any atom is -0.395 e. The first-order chi connectivity index (χ1) is 11.5. The van der Waals surface area contributed by atoms with Gasteiger partial charge in [-0.25, -0.2) is 4.98 Å². The van der Waals surface area contributed by atoms with Crippen LogP contribution in [0.15, 0.2) is 36.4 Å². The highest BCUT2D eigenvalue weighted by Gasteiger charge is 2.15. The number of aliphatic hydroxyl groups excluding tert-OH is 1. The van der Waals surface area contributed by atoms with Gasteiger partial charge < -0.3 is 20.7 Å². The lowest BCUT2D eigenvalue weighted by Gasteiger charge is -2.17. The van der Waals surface area contributed by atoms with Gasteiger partial charge in [-0.1, -0.05) is 0 Å². The Balaban J connectivity index is 2.02. The van der Waals surface area contributed by atoms with Gasteiger partial charge in [0.15, 0.2) is 0 Å². The van der Waals surface area contributed by atoms with E-state index in [-0.39, 0.29) is 18.0 Å². The molecule has 1 heterocycles. The summed E-state index contributed by atoms with van der Waals surface area (Å²) in [5, 5.41) is 20.1. The maximum Gasteiger partial charge on any atom is 0.292 e. The molecule has 0 aliphatic carbocycles. The van der Waals surface area contributed by atoms with E-state index in [1.807, 2.05) is 30.1 Å². The summed E-state index contributed by atoms with van der Waals surface area (Å²) in [5.41, 5.74) is 8.69. The summed E-state index contributed by atoms with van der Waals surface area (Å²) < 4.78 is 0. The highest BCUT2D eigenvalue weighted by Crippen LogP contribution is 2.29. The molecule has 3 rings (SSSR count). The Labute approximate surface area is 137 Å². The summed E-state index contributed by atoms with van der Waals surface area (Å²) in [6.45, 7) is 0.586. The van der Waals surface area contributed by atoms with E-state index in [1.165, 1.54) is 12.1 Å². The molecule has 2 aromatic carbocycles. The molecular formula is C16H17N5O3. The van der Waals surface area contributed by atoms with E-state index in [0.29, 0.717) is 17.9 Å². The van der Waals surface area contributed by atoms with Crippen LogP contribution in [-0.2, 0) is 0 Å². The largest absolute Gasteiger partial charge is 0.395 e. The number of fused-ring (bicyclic) bond motifs is 1. The van der Waals surface area contributed by atoms with Gasteiger partial charge in [-0.05, 0) is 30.3 Å². The Kier molecular flexibility index (Phi) is 4.05. The van der Waals surface area contributed by atoms with Crippen LogP contribution in [-0.4, -0.2) is 40.2 Å². The van der Waals surface area contributed by atoms with Crippen LogP contribution < -0.4 is 10.6 Å². The summed E-state index contributed by atoms with van der Waals surface area (Å²) in [7, 11) is 1.88. The smallest absolute Gasteiger partial charge is 0.292 e. The van der Waals surface area contributed by atoms with Crippen molar-refractivity contribution in [2.75, 3.05) is 30.8 Å². The fourth-order valence-corrected chi connectivity index (χ4v) is 2.50. The number of nitrogens with one attached hydrogen (secondary N) is 1. The lowest BCUT2D eigenvalue weighted by atomic mass is 10.1. The van der Waals surface area contributed by atoms with Gasteiger partial charge in [0, 0.05) is 30.9 Å². The topological polar surface area (TPSA) is 121 Å². The maximum absolute atomic E-state index is 11.0. The van der Waals surface area contributed by atoms with Crippen LogP contribution in [0.1, 0.15) is 0 Å². The Hall–Kier alpha value is -3.13. The third kappa shape index (κ3) is 2.86. The summed E-state index contributed by atoms with van der Waals surface area (Å²) >= 11 is 0. The molecule has 8 heteroatoms. The van der Waals surface area contributed by atoms with Crippen molar-refractivity contribution in [3.05, 3.63) is 46.5 Å². The molecule has 0 bridgehead atoms. The number of likely N-dealkylation sites (N-methyl/N-ethyl adjacent to an activating group) is 1. The van der Waals surface area contributed by atoms with E-state index in [1.54, 1.807) is 6.07 Å². The molecule has 0 aliphatic heterocycles. The zero-order chi connectivity index (χ0) is 17.3. The molecule has 0 saturated heterocycles. The number of aromatic nitrogens is 2. The number of aliphatic hydroxyl groups is 1.